The Labute approximate surface area is 174 Å². The minimum atomic E-state index is 0.492. The van der Waals surface area contributed by atoms with E-state index >= 15 is 0 Å². The summed E-state index contributed by atoms with van der Waals surface area (Å²) >= 11 is 0. The van der Waals surface area contributed by atoms with Crippen LogP contribution in [0.2, 0.25) is 0 Å². The number of ether oxygens (including phenoxy) is 3. The Morgan fingerprint density at radius 3 is 2.83 bits per heavy atom. The first-order chi connectivity index (χ1) is 14.2. The molecule has 2 aliphatic rings. The lowest BCUT2D eigenvalue weighted by Gasteiger charge is -2.26. The van der Waals surface area contributed by atoms with Crippen LogP contribution in [0.3, 0.4) is 0 Å². The summed E-state index contributed by atoms with van der Waals surface area (Å²) in [5, 5.41) is 6.78. The van der Waals surface area contributed by atoms with E-state index in [0.29, 0.717) is 19.1 Å². The predicted molar refractivity (Wildman–Crippen MR) is 116 cm³/mol. The van der Waals surface area contributed by atoms with E-state index < -0.39 is 0 Å². The summed E-state index contributed by atoms with van der Waals surface area (Å²) in [4.78, 5) is 7.20. The van der Waals surface area contributed by atoms with E-state index in [-0.39, 0.29) is 0 Å². The molecule has 3 rings (SSSR count). The topological polar surface area (TPSA) is 67.4 Å². The van der Waals surface area contributed by atoms with E-state index in [1.54, 1.807) is 0 Å². The largest absolute Gasteiger partial charge is 0.493 e. The maximum Gasteiger partial charge on any atom is 0.191 e. The average Bonchev–Trinajstić information content (AvgIpc) is 3.26. The summed E-state index contributed by atoms with van der Waals surface area (Å²) in [7, 11) is 0. The highest BCUT2D eigenvalue weighted by Crippen LogP contribution is 2.23. The molecule has 1 aromatic rings. The molecule has 2 fully saturated rings. The number of aryl methyl sites for hydroxylation is 1. The van der Waals surface area contributed by atoms with Gasteiger partial charge in [-0.25, -0.2) is 4.99 Å². The monoisotopic (exact) mass is 404 g/mol. The van der Waals surface area contributed by atoms with Gasteiger partial charge >= 0.3 is 0 Å². The molecule has 2 heterocycles. The molecule has 7 nitrogen and oxygen atoms in total. The van der Waals surface area contributed by atoms with Crippen molar-refractivity contribution in [2.24, 2.45) is 10.9 Å². The minimum Gasteiger partial charge on any atom is -0.493 e. The molecular weight excluding hydrogens is 368 g/mol. The fourth-order valence-corrected chi connectivity index (χ4v) is 3.51. The van der Waals surface area contributed by atoms with Crippen molar-refractivity contribution in [2.45, 2.75) is 26.8 Å². The van der Waals surface area contributed by atoms with Gasteiger partial charge in [-0.1, -0.05) is 12.1 Å². The Morgan fingerprint density at radius 2 is 2.07 bits per heavy atom. The third-order valence-electron chi connectivity index (χ3n) is 5.30. The summed E-state index contributed by atoms with van der Waals surface area (Å²) < 4.78 is 17.0. The highest BCUT2D eigenvalue weighted by molar-refractivity contribution is 5.79. The van der Waals surface area contributed by atoms with E-state index in [9.17, 15) is 0 Å². The number of nitrogens with one attached hydrogen (secondary N) is 2. The molecule has 1 aromatic carbocycles. The van der Waals surface area contributed by atoms with E-state index in [2.05, 4.69) is 47.6 Å². The van der Waals surface area contributed by atoms with Crippen molar-refractivity contribution in [3.05, 3.63) is 29.3 Å². The standard InChI is InChI=1S/C22H36N4O3/c1-3-23-22(24-7-8-26-9-12-27-13-10-26)25-15-20-5-4-18(2)14-21(20)29-17-19-6-11-28-16-19/h4-5,14,19H,3,6-13,15-17H2,1-2H3,(H2,23,24,25). The molecule has 7 heteroatoms. The molecule has 0 radical (unpaired) electrons. The zero-order valence-corrected chi connectivity index (χ0v) is 17.9. The normalized spacial score (nSPS) is 20.6. The molecule has 2 aliphatic heterocycles. The number of morpholine rings is 1. The van der Waals surface area contributed by atoms with Gasteiger partial charge in [-0.15, -0.1) is 0 Å². The second-order valence-electron chi connectivity index (χ2n) is 7.73. The number of hydrogen-bond acceptors (Lipinski definition) is 5. The lowest BCUT2D eigenvalue weighted by Crippen LogP contribution is -2.44. The second-order valence-corrected chi connectivity index (χ2v) is 7.73. The van der Waals surface area contributed by atoms with Gasteiger partial charge in [0.25, 0.3) is 0 Å². The summed E-state index contributed by atoms with van der Waals surface area (Å²) in [5.41, 5.74) is 2.31. The van der Waals surface area contributed by atoms with Crippen molar-refractivity contribution in [2.75, 3.05) is 65.8 Å². The molecule has 1 atom stereocenters. The first kappa shape index (κ1) is 21.9. The number of guanidine groups is 1. The van der Waals surface area contributed by atoms with Crippen LogP contribution < -0.4 is 15.4 Å². The molecule has 1 unspecified atom stereocenters. The van der Waals surface area contributed by atoms with Crippen LogP contribution in [0, 0.1) is 12.8 Å². The molecule has 2 saturated heterocycles. The van der Waals surface area contributed by atoms with Gasteiger partial charge in [-0.2, -0.15) is 0 Å². The van der Waals surface area contributed by atoms with Crippen LogP contribution in [0.25, 0.3) is 0 Å². The molecule has 0 amide bonds. The highest BCUT2D eigenvalue weighted by atomic mass is 16.5. The average molecular weight is 405 g/mol. The maximum atomic E-state index is 6.15. The van der Waals surface area contributed by atoms with Crippen molar-refractivity contribution in [1.82, 2.24) is 15.5 Å². The van der Waals surface area contributed by atoms with E-state index in [1.807, 2.05) is 0 Å². The Morgan fingerprint density at radius 1 is 1.21 bits per heavy atom. The van der Waals surface area contributed by atoms with Crippen molar-refractivity contribution in [1.29, 1.82) is 0 Å². The van der Waals surface area contributed by atoms with E-state index in [0.717, 1.165) is 82.8 Å². The SMILES string of the molecule is CCNC(=NCc1ccc(C)cc1OCC1CCOC1)NCCN1CCOCC1. The van der Waals surface area contributed by atoms with E-state index in [4.69, 9.17) is 19.2 Å². The number of aliphatic imine (C=N–C) groups is 1. The van der Waals surface area contributed by atoms with Crippen LogP contribution in [-0.4, -0.2) is 76.6 Å². The summed E-state index contributed by atoms with van der Waals surface area (Å²) in [6, 6.07) is 6.35. The minimum absolute atomic E-state index is 0.492. The zero-order chi connectivity index (χ0) is 20.3. The molecule has 0 aliphatic carbocycles. The number of benzene rings is 1. The summed E-state index contributed by atoms with van der Waals surface area (Å²) in [6.07, 6.45) is 1.08. The summed E-state index contributed by atoms with van der Waals surface area (Å²) in [5.74, 6) is 2.27. The molecule has 29 heavy (non-hydrogen) atoms. The van der Waals surface area contributed by atoms with Crippen LogP contribution in [0.4, 0.5) is 0 Å². The van der Waals surface area contributed by atoms with Crippen molar-refractivity contribution in [3.63, 3.8) is 0 Å². The Kier molecular flexibility index (Phi) is 9.05. The molecule has 0 bridgehead atoms. The molecule has 162 valence electrons. The fraction of sp³-hybridized carbons (Fsp3) is 0.682. The zero-order valence-electron chi connectivity index (χ0n) is 17.9. The van der Waals surface area contributed by atoms with Gasteiger partial charge in [-0.3, -0.25) is 4.90 Å². The molecule has 0 saturated carbocycles. The van der Waals surface area contributed by atoms with Gasteiger partial charge in [0.1, 0.15) is 5.75 Å². The Hall–Kier alpha value is -1.83. The van der Waals surface area contributed by atoms with Gasteiger partial charge in [0.05, 0.1) is 33.0 Å². The van der Waals surface area contributed by atoms with Crippen molar-refractivity contribution < 1.29 is 14.2 Å². The van der Waals surface area contributed by atoms with Gasteiger partial charge in [-0.05, 0) is 31.9 Å². The lowest BCUT2D eigenvalue weighted by molar-refractivity contribution is 0.0389. The van der Waals surface area contributed by atoms with Crippen LogP contribution >= 0.6 is 0 Å². The first-order valence-corrected chi connectivity index (χ1v) is 10.9. The van der Waals surface area contributed by atoms with Gasteiger partial charge in [0.15, 0.2) is 5.96 Å². The number of hydrogen-bond donors (Lipinski definition) is 2. The first-order valence-electron chi connectivity index (χ1n) is 10.9. The third-order valence-corrected chi connectivity index (χ3v) is 5.30. The van der Waals surface area contributed by atoms with Gasteiger partial charge < -0.3 is 24.8 Å². The smallest absolute Gasteiger partial charge is 0.191 e. The Bertz CT molecular complexity index is 641. The summed E-state index contributed by atoms with van der Waals surface area (Å²) in [6.45, 7) is 13.5. The Balaban J connectivity index is 1.54. The highest BCUT2D eigenvalue weighted by Gasteiger charge is 2.17. The van der Waals surface area contributed by atoms with Crippen LogP contribution in [-0.2, 0) is 16.0 Å². The van der Waals surface area contributed by atoms with Gasteiger partial charge in [0.2, 0.25) is 0 Å². The van der Waals surface area contributed by atoms with Crippen LogP contribution in [0.15, 0.2) is 23.2 Å². The number of nitrogens with zero attached hydrogens (tertiary/aromatic N) is 2. The van der Waals surface area contributed by atoms with Gasteiger partial charge in [0, 0.05) is 50.8 Å². The quantitative estimate of drug-likeness (QED) is 0.483. The predicted octanol–water partition coefficient (Wildman–Crippen LogP) is 1.80. The molecule has 2 N–H and O–H groups in total. The maximum absolute atomic E-state index is 6.15. The van der Waals surface area contributed by atoms with Crippen molar-refractivity contribution in [3.8, 4) is 5.75 Å². The lowest BCUT2D eigenvalue weighted by atomic mass is 10.1. The van der Waals surface area contributed by atoms with Crippen LogP contribution in [0.1, 0.15) is 24.5 Å². The van der Waals surface area contributed by atoms with E-state index in [1.165, 1.54) is 5.56 Å². The fourth-order valence-electron chi connectivity index (χ4n) is 3.51. The van der Waals surface area contributed by atoms with Crippen molar-refractivity contribution >= 4 is 5.96 Å². The van der Waals surface area contributed by atoms with Crippen LogP contribution in [0.5, 0.6) is 5.75 Å². The molecule has 0 spiro atoms. The number of rotatable bonds is 9. The second kappa shape index (κ2) is 12.0. The molecule has 0 aromatic heterocycles. The molecular formula is C22H36N4O3. The third kappa shape index (κ3) is 7.49.